The number of hydrogen-bond donors (Lipinski definition) is 0. The Labute approximate surface area is 148 Å². The topological polar surface area (TPSA) is 61.8 Å². The number of carbonyl (C=O) groups excluding carboxylic acids is 2. The molecule has 0 aliphatic rings. The molecule has 0 bridgehead atoms. The SMILES string of the molecule is CCOC(=O)c1ccc(OC(=O)c2ccc(OCC)cc2)c(Br)c1. The zero-order chi connectivity index (χ0) is 17.5. The summed E-state index contributed by atoms with van der Waals surface area (Å²) >= 11 is 3.29. The quantitative estimate of drug-likeness (QED) is 0.543. The van der Waals surface area contributed by atoms with Crippen molar-refractivity contribution in [2.45, 2.75) is 13.8 Å². The molecule has 0 aliphatic carbocycles. The Morgan fingerprint density at radius 1 is 0.917 bits per heavy atom. The van der Waals surface area contributed by atoms with Crippen LogP contribution >= 0.6 is 15.9 Å². The number of hydrogen-bond acceptors (Lipinski definition) is 5. The molecule has 0 atom stereocenters. The molecular weight excluding hydrogens is 376 g/mol. The van der Waals surface area contributed by atoms with Gasteiger partial charge in [0.15, 0.2) is 0 Å². The molecule has 2 aromatic rings. The van der Waals surface area contributed by atoms with E-state index >= 15 is 0 Å². The molecule has 0 saturated heterocycles. The minimum absolute atomic E-state index is 0.297. The molecule has 0 amide bonds. The van der Waals surface area contributed by atoms with Crippen LogP contribution in [0.4, 0.5) is 0 Å². The Hall–Kier alpha value is -2.34. The number of esters is 2. The van der Waals surface area contributed by atoms with Crippen molar-refractivity contribution in [1.29, 1.82) is 0 Å². The normalized spacial score (nSPS) is 10.1. The van der Waals surface area contributed by atoms with E-state index in [4.69, 9.17) is 14.2 Å². The Balaban J connectivity index is 2.09. The largest absolute Gasteiger partial charge is 0.494 e. The molecule has 5 nitrogen and oxygen atoms in total. The summed E-state index contributed by atoms with van der Waals surface area (Å²) in [5.41, 5.74) is 0.782. The Kier molecular flexibility index (Phi) is 6.37. The first-order chi connectivity index (χ1) is 11.5. The minimum atomic E-state index is -0.498. The second-order valence-electron chi connectivity index (χ2n) is 4.71. The van der Waals surface area contributed by atoms with Crippen molar-refractivity contribution in [3.05, 3.63) is 58.1 Å². The summed E-state index contributed by atoms with van der Waals surface area (Å²) in [7, 11) is 0. The van der Waals surface area contributed by atoms with Gasteiger partial charge in [0, 0.05) is 0 Å². The van der Waals surface area contributed by atoms with Crippen molar-refractivity contribution in [3.63, 3.8) is 0 Å². The van der Waals surface area contributed by atoms with E-state index in [2.05, 4.69) is 15.9 Å². The molecule has 6 heteroatoms. The number of ether oxygens (including phenoxy) is 3. The number of rotatable bonds is 6. The van der Waals surface area contributed by atoms with Gasteiger partial charge < -0.3 is 14.2 Å². The smallest absolute Gasteiger partial charge is 0.343 e. The van der Waals surface area contributed by atoms with Gasteiger partial charge in [-0.05, 0) is 72.2 Å². The van der Waals surface area contributed by atoms with E-state index in [0.717, 1.165) is 0 Å². The fourth-order valence-electron chi connectivity index (χ4n) is 1.94. The van der Waals surface area contributed by atoms with Crippen molar-refractivity contribution in [2.75, 3.05) is 13.2 Å². The molecule has 2 rings (SSSR count). The molecule has 0 fully saturated rings. The van der Waals surface area contributed by atoms with Crippen molar-refractivity contribution in [2.24, 2.45) is 0 Å². The third-order valence-electron chi connectivity index (χ3n) is 3.05. The molecule has 0 aromatic heterocycles. The Morgan fingerprint density at radius 2 is 1.58 bits per heavy atom. The Morgan fingerprint density at radius 3 is 2.17 bits per heavy atom. The molecule has 0 unspecified atom stereocenters. The maximum atomic E-state index is 12.2. The first kappa shape index (κ1) is 18.0. The van der Waals surface area contributed by atoms with Crippen LogP contribution in [0, 0.1) is 0 Å². The van der Waals surface area contributed by atoms with E-state index < -0.39 is 11.9 Å². The first-order valence-corrected chi connectivity index (χ1v) is 8.26. The van der Waals surface area contributed by atoms with Crippen LogP contribution < -0.4 is 9.47 Å². The molecule has 126 valence electrons. The molecule has 0 N–H and O–H groups in total. The van der Waals surface area contributed by atoms with Gasteiger partial charge >= 0.3 is 11.9 Å². The summed E-state index contributed by atoms with van der Waals surface area (Å²) in [4.78, 5) is 23.9. The predicted molar refractivity (Wildman–Crippen MR) is 92.7 cm³/mol. The lowest BCUT2D eigenvalue weighted by Gasteiger charge is -2.09. The highest BCUT2D eigenvalue weighted by Gasteiger charge is 2.14. The zero-order valence-corrected chi connectivity index (χ0v) is 15.0. The molecule has 24 heavy (non-hydrogen) atoms. The van der Waals surface area contributed by atoms with Crippen LogP contribution in [0.25, 0.3) is 0 Å². The number of halogens is 1. The monoisotopic (exact) mass is 392 g/mol. The fraction of sp³-hybridized carbons (Fsp3) is 0.222. The minimum Gasteiger partial charge on any atom is -0.494 e. The Bertz CT molecular complexity index is 725. The van der Waals surface area contributed by atoms with Crippen molar-refractivity contribution >= 4 is 27.9 Å². The van der Waals surface area contributed by atoms with Gasteiger partial charge in [0.2, 0.25) is 0 Å². The average Bonchev–Trinajstić information content (AvgIpc) is 2.57. The number of benzene rings is 2. The van der Waals surface area contributed by atoms with Gasteiger partial charge in [-0.25, -0.2) is 9.59 Å². The van der Waals surface area contributed by atoms with E-state index in [-0.39, 0.29) is 0 Å². The second-order valence-corrected chi connectivity index (χ2v) is 5.57. The van der Waals surface area contributed by atoms with Crippen LogP contribution in [-0.2, 0) is 4.74 Å². The highest BCUT2D eigenvalue weighted by Crippen LogP contribution is 2.27. The van der Waals surface area contributed by atoms with Crippen molar-refractivity contribution in [1.82, 2.24) is 0 Å². The highest BCUT2D eigenvalue weighted by molar-refractivity contribution is 9.10. The molecule has 0 saturated carbocycles. The lowest BCUT2D eigenvalue weighted by Crippen LogP contribution is -2.10. The molecule has 2 aromatic carbocycles. The van der Waals surface area contributed by atoms with Gasteiger partial charge in [-0.3, -0.25) is 0 Å². The number of carbonyl (C=O) groups is 2. The van der Waals surface area contributed by atoms with Gasteiger partial charge in [0.05, 0.1) is 28.8 Å². The van der Waals surface area contributed by atoms with Crippen LogP contribution in [0.5, 0.6) is 11.5 Å². The summed E-state index contributed by atoms with van der Waals surface area (Å²) in [6, 6.07) is 11.3. The van der Waals surface area contributed by atoms with E-state index in [0.29, 0.717) is 40.3 Å². The third kappa shape index (κ3) is 4.58. The van der Waals surface area contributed by atoms with Crippen LogP contribution in [-0.4, -0.2) is 25.2 Å². The van der Waals surface area contributed by atoms with Crippen LogP contribution in [0.3, 0.4) is 0 Å². The molecule has 0 radical (unpaired) electrons. The summed E-state index contributed by atoms with van der Waals surface area (Å²) in [6.07, 6.45) is 0. The van der Waals surface area contributed by atoms with Crippen LogP contribution in [0.2, 0.25) is 0 Å². The van der Waals surface area contributed by atoms with E-state index in [1.807, 2.05) is 6.92 Å². The molecule has 0 aliphatic heterocycles. The lowest BCUT2D eigenvalue weighted by atomic mass is 10.2. The fourth-order valence-corrected chi connectivity index (χ4v) is 2.40. The summed E-state index contributed by atoms with van der Waals surface area (Å²) < 4.78 is 16.1. The highest BCUT2D eigenvalue weighted by atomic mass is 79.9. The maximum absolute atomic E-state index is 12.2. The lowest BCUT2D eigenvalue weighted by molar-refractivity contribution is 0.0526. The standard InChI is InChI=1S/C18H17BrO5/c1-3-22-14-8-5-12(6-9-14)18(21)24-16-10-7-13(11-15(16)19)17(20)23-4-2/h5-11H,3-4H2,1-2H3. The van der Waals surface area contributed by atoms with Crippen LogP contribution in [0.1, 0.15) is 34.6 Å². The molecule has 0 heterocycles. The van der Waals surface area contributed by atoms with Crippen molar-refractivity contribution in [3.8, 4) is 11.5 Å². The van der Waals surface area contributed by atoms with Crippen LogP contribution in [0.15, 0.2) is 46.9 Å². The third-order valence-corrected chi connectivity index (χ3v) is 3.67. The van der Waals surface area contributed by atoms with Crippen molar-refractivity contribution < 1.29 is 23.8 Å². The summed E-state index contributed by atoms with van der Waals surface area (Å²) in [5, 5.41) is 0. The zero-order valence-electron chi connectivity index (χ0n) is 13.4. The van der Waals surface area contributed by atoms with E-state index in [9.17, 15) is 9.59 Å². The summed E-state index contributed by atoms with van der Waals surface area (Å²) in [5.74, 6) is 0.0844. The maximum Gasteiger partial charge on any atom is 0.343 e. The van der Waals surface area contributed by atoms with Gasteiger partial charge in [-0.1, -0.05) is 0 Å². The average molecular weight is 393 g/mol. The van der Waals surface area contributed by atoms with Gasteiger partial charge in [0.25, 0.3) is 0 Å². The van der Waals surface area contributed by atoms with E-state index in [1.54, 1.807) is 49.4 Å². The van der Waals surface area contributed by atoms with Gasteiger partial charge in [0.1, 0.15) is 11.5 Å². The molecular formula is C18H17BrO5. The van der Waals surface area contributed by atoms with E-state index in [1.165, 1.54) is 0 Å². The second kappa shape index (κ2) is 8.49. The predicted octanol–water partition coefficient (Wildman–Crippen LogP) is 4.24. The van der Waals surface area contributed by atoms with Gasteiger partial charge in [-0.15, -0.1) is 0 Å². The first-order valence-electron chi connectivity index (χ1n) is 7.46. The summed E-state index contributed by atoms with van der Waals surface area (Å²) in [6.45, 7) is 4.48. The molecule has 0 spiro atoms. The van der Waals surface area contributed by atoms with Gasteiger partial charge in [-0.2, -0.15) is 0 Å².